The minimum atomic E-state index is 0.698. The Morgan fingerprint density at radius 3 is 1.92 bits per heavy atom. The van der Waals surface area contributed by atoms with E-state index in [1.807, 2.05) is 0 Å². The molecule has 0 bridgehead atoms. The third kappa shape index (κ3) is 2.44. The first-order chi connectivity index (χ1) is 6.06. The summed E-state index contributed by atoms with van der Waals surface area (Å²) in [5.41, 5.74) is 0. The van der Waals surface area contributed by atoms with Crippen molar-refractivity contribution in [2.24, 2.45) is 0 Å². The molecule has 0 spiro atoms. The molecule has 1 saturated heterocycles. The van der Waals surface area contributed by atoms with Crippen molar-refractivity contribution in [3.8, 4) is 0 Å². The zero-order valence-electron chi connectivity index (χ0n) is 9.75. The fourth-order valence-electron chi connectivity index (χ4n) is 2.44. The molecule has 0 aromatic rings. The van der Waals surface area contributed by atoms with Gasteiger partial charge in [-0.15, -0.1) is 0 Å². The van der Waals surface area contributed by atoms with Gasteiger partial charge in [-0.3, -0.25) is 9.80 Å². The maximum absolute atomic E-state index is 2.60. The summed E-state index contributed by atoms with van der Waals surface area (Å²) in [4.78, 5) is 5.18. The normalized spacial score (nSPS) is 32.8. The van der Waals surface area contributed by atoms with E-state index in [0.717, 1.165) is 12.1 Å². The molecule has 1 aliphatic rings. The third-order valence-corrected chi connectivity index (χ3v) is 3.23. The average Bonchev–Trinajstić information content (AvgIpc) is 2.03. The number of nitrogens with zero attached hydrogens (tertiary/aromatic N) is 2. The summed E-state index contributed by atoms with van der Waals surface area (Å²) < 4.78 is 0. The van der Waals surface area contributed by atoms with Crippen LogP contribution in [0.5, 0.6) is 0 Å². The van der Waals surface area contributed by atoms with Gasteiger partial charge in [-0.25, -0.2) is 0 Å². The zero-order chi connectivity index (χ0) is 10.0. The van der Waals surface area contributed by atoms with Crippen LogP contribution in [0.3, 0.4) is 0 Å². The minimum Gasteiger partial charge on any atom is -0.298 e. The van der Waals surface area contributed by atoms with Gasteiger partial charge in [-0.05, 0) is 34.2 Å². The largest absolute Gasteiger partial charge is 0.298 e. The Balaban J connectivity index is 2.56. The topological polar surface area (TPSA) is 6.48 Å². The molecule has 2 heteroatoms. The Morgan fingerprint density at radius 2 is 1.62 bits per heavy atom. The highest BCUT2D eigenvalue weighted by atomic mass is 15.3. The Hall–Kier alpha value is -0.0800. The summed E-state index contributed by atoms with van der Waals surface area (Å²) in [6.45, 7) is 15.2. The van der Waals surface area contributed by atoms with Gasteiger partial charge in [0.2, 0.25) is 0 Å². The minimum absolute atomic E-state index is 0.698. The molecule has 0 radical (unpaired) electrons. The van der Waals surface area contributed by atoms with Gasteiger partial charge in [-0.1, -0.05) is 6.92 Å². The Labute approximate surface area is 82.9 Å². The van der Waals surface area contributed by atoms with E-state index >= 15 is 0 Å². The highest BCUT2D eigenvalue weighted by Crippen LogP contribution is 2.16. The molecule has 0 amide bonds. The highest BCUT2D eigenvalue weighted by Gasteiger charge is 2.28. The number of hydrogen-bond donors (Lipinski definition) is 0. The lowest BCUT2D eigenvalue weighted by Crippen LogP contribution is -2.57. The van der Waals surface area contributed by atoms with Crippen LogP contribution >= 0.6 is 0 Å². The van der Waals surface area contributed by atoms with Gasteiger partial charge >= 0.3 is 0 Å². The summed E-state index contributed by atoms with van der Waals surface area (Å²) in [6.07, 6.45) is 0. The van der Waals surface area contributed by atoms with E-state index in [-0.39, 0.29) is 0 Å². The second-order valence-corrected chi connectivity index (χ2v) is 4.58. The lowest BCUT2D eigenvalue weighted by atomic mass is 10.1. The summed E-state index contributed by atoms with van der Waals surface area (Å²) >= 11 is 0. The average molecular weight is 184 g/mol. The van der Waals surface area contributed by atoms with Gasteiger partial charge in [0.15, 0.2) is 0 Å². The SMILES string of the molecule is CCN1[C@H](C)CN(C(C)C)C[C@H]1C. The van der Waals surface area contributed by atoms with Crippen molar-refractivity contribution < 1.29 is 0 Å². The Kier molecular flexibility index (Phi) is 3.74. The van der Waals surface area contributed by atoms with Crippen LogP contribution in [0, 0.1) is 0 Å². The van der Waals surface area contributed by atoms with Gasteiger partial charge in [-0.2, -0.15) is 0 Å². The second-order valence-electron chi connectivity index (χ2n) is 4.58. The number of rotatable bonds is 2. The maximum Gasteiger partial charge on any atom is 0.0198 e. The van der Waals surface area contributed by atoms with Crippen molar-refractivity contribution in [2.75, 3.05) is 19.6 Å². The van der Waals surface area contributed by atoms with Crippen molar-refractivity contribution in [3.05, 3.63) is 0 Å². The van der Waals surface area contributed by atoms with Gasteiger partial charge in [0.25, 0.3) is 0 Å². The van der Waals surface area contributed by atoms with Crippen molar-refractivity contribution in [1.82, 2.24) is 9.80 Å². The molecule has 1 heterocycles. The van der Waals surface area contributed by atoms with E-state index in [2.05, 4.69) is 44.4 Å². The van der Waals surface area contributed by atoms with Crippen LogP contribution in [0.25, 0.3) is 0 Å². The molecule has 0 aliphatic carbocycles. The predicted octanol–water partition coefficient (Wildman–Crippen LogP) is 1.81. The molecular weight excluding hydrogens is 160 g/mol. The predicted molar refractivity (Wildman–Crippen MR) is 58.0 cm³/mol. The first kappa shape index (κ1) is 11.0. The van der Waals surface area contributed by atoms with Crippen LogP contribution < -0.4 is 0 Å². The summed E-state index contributed by atoms with van der Waals surface area (Å²) in [7, 11) is 0. The van der Waals surface area contributed by atoms with Crippen LogP contribution in [0.1, 0.15) is 34.6 Å². The number of likely N-dealkylation sites (N-methyl/N-ethyl adjacent to an activating group) is 1. The van der Waals surface area contributed by atoms with Crippen LogP contribution in [0.4, 0.5) is 0 Å². The molecule has 2 nitrogen and oxygen atoms in total. The molecule has 1 fully saturated rings. The molecule has 1 aliphatic heterocycles. The summed E-state index contributed by atoms with van der Waals surface area (Å²) in [6, 6.07) is 2.14. The van der Waals surface area contributed by atoms with Crippen LogP contribution in [-0.4, -0.2) is 47.6 Å². The monoisotopic (exact) mass is 184 g/mol. The van der Waals surface area contributed by atoms with Crippen molar-refractivity contribution >= 4 is 0 Å². The fraction of sp³-hybridized carbons (Fsp3) is 1.00. The van der Waals surface area contributed by atoms with Gasteiger partial charge in [0.05, 0.1) is 0 Å². The molecular formula is C11H24N2. The van der Waals surface area contributed by atoms with Crippen molar-refractivity contribution in [3.63, 3.8) is 0 Å². The smallest absolute Gasteiger partial charge is 0.0198 e. The van der Waals surface area contributed by atoms with E-state index in [0.29, 0.717) is 6.04 Å². The molecule has 78 valence electrons. The quantitative estimate of drug-likeness (QED) is 0.646. The lowest BCUT2D eigenvalue weighted by Gasteiger charge is -2.45. The third-order valence-electron chi connectivity index (χ3n) is 3.23. The highest BCUT2D eigenvalue weighted by molar-refractivity contribution is 4.85. The van der Waals surface area contributed by atoms with E-state index in [4.69, 9.17) is 0 Å². The van der Waals surface area contributed by atoms with Crippen molar-refractivity contribution in [1.29, 1.82) is 0 Å². The summed E-state index contributed by atoms with van der Waals surface area (Å²) in [5, 5.41) is 0. The van der Waals surface area contributed by atoms with E-state index in [1.165, 1.54) is 19.6 Å². The second kappa shape index (κ2) is 4.43. The first-order valence-corrected chi connectivity index (χ1v) is 5.56. The Bertz CT molecular complexity index is 144. The number of piperazine rings is 1. The van der Waals surface area contributed by atoms with Gasteiger partial charge in [0, 0.05) is 31.2 Å². The van der Waals surface area contributed by atoms with Crippen LogP contribution in [0.15, 0.2) is 0 Å². The summed E-state index contributed by atoms with van der Waals surface area (Å²) in [5.74, 6) is 0. The first-order valence-electron chi connectivity index (χ1n) is 5.56. The van der Waals surface area contributed by atoms with E-state index in [9.17, 15) is 0 Å². The zero-order valence-corrected chi connectivity index (χ0v) is 9.75. The maximum atomic E-state index is 2.60. The molecule has 0 aromatic carbocycles. The van der Waals surface area contributed by atoms with Gasteiger partial charge < -0.3 is 0 Å². The van der Waals surface area contributed by atoms with Gasteiger partial charge in [0.1, 0.15) is 0 Å². The lowest BCUT2D eigenvalue weighted by molar-refractivity contribution is 0.0276. The van der Waals surface area contributed by atoms with E-state index in [1.54, 1.807) is 0 Å². The molecule has 1 rings (SSSR count). The molecule has 0 N–H and O–H groups in total. The van der Waals surface area contributed by atoms with E-state index < -0.39 is 0 Å². The Morgan fingerprint density at radius 1 is 1.15 bits per heavy atom. The van der Waals surface area contributed by atoms with Crippen molar-refractivity contribution in [2.45, 2.75) is 52.7 Å². The number of hydrogen-bond acceptors (Lipinski definition) is 2. The fourth-order valence-corrected chi connectivity index (χ4v) is 2.44. The standard InChI is InChI=1S/C11H24N2/c1-6-13-10(4)7-12(9(2)3)8-11(13)5/h9-11H,6-8H2,1-5H3/t10-,11-/m1/s1. The molecule has 0 saturated carbocycles. The molecule has 0 aromatic heterocycles. The molecule has 13 heavy (non-hydrogen) atoms. The molecule has 2 atom stereocenters. The van der Waals surface area contributed by atoms with Crippen LogP contribution in [0.2, 0.25) is 0 Å². The van der Waals surface area contributed by atoms with Crippen LogP contribution in [-0.2, 0) is 0 Å². The molecule has 0 unspecified atom stereocenters.